The van der Waals surface area contributed by atoms with Crippen LogP contribution in [0.3, 0.4) is 0 Å². The fraction of sp³-hybridized carbons (Fsp3) is 0.767. The van der Waals surface area contributed by atoms with E-state index in [0.717, 1.165) is 6.21 Å². The van der Waals surface area contributed by atoms with E-state index in [1.165, 1.54) is 31.2 Å². The zero-order valence-electron chi connectivity index (χ0n) is 28.1. The van der Waals surface area contributed by atoms with Crippen LogP contribution in [0.5, 0.6) is 0 Å². The highest BCUT2D eigenvalue weighted by Crippen LogP contribution is 2.34. The molecule has 4 fully saturated rings. The van der Waals surface area contributed by atoms with Crippen molar-refractivity contribution in [1.82, 2.24) is 0 Å². The maximum absolute atomic E-state index is 11.5. The molecule has 16 N–H and O–H groups in total. The van der Waals surface area contributed by atoms with E-state index in [9.17, 15) is 40.8 Å². The Kier molecular flexibility index (Phi) is 13.5. The van der Waals surface area contributed by atoms with Gasteiger partial charge in [-0.15, -0.1) is 0 Å². The number of nitrogens with two attached hydrogens (primary N) is 5. The van der Waals surface area contributed by atoms with Crippen molar-refractivity contribution in [3.05, 3.63) is 39.9 Å². The Hall–Kier alpha value is -2.59. The monoisotopic (exact) mass is 747 g/mol. The molecule has 0 aromatic heterocycles. The molecule has 0 bridgehead atoms. The van der Waals surface area contributed by atoms with Crippen molar-refractivity contribution in [2.75, 3.05) is 6.54 Å². The summed E-state index contributed by atoms with van der Waals surface area (Å²) in [5, 5.41) is 79.0. The average molecular weight is 748 g/mol. The smallest absolute Gasteiger partial charge is 0.269 e. The molecule has 1 saturated carbocycles. The first-order valence-electron chi connectivity index (χ1n) is 16.7. The first kappa shape index (κ1) is 40.6. The average Bonchev–Trinajstić information content (AvgIpc) is 3.41. The van der Waals surface area contributed by atoms with E-state index in [0.29, 0.717) is 5.56 Å². The Morgan fingerprint density at radius 2 is 1.38 bits per heavy atom. The quantitative estimate of drug-likeness (QED) is 0.0539. The van der Waals surface area contributed by atoms with Gasteiger partial charge in [-0.1, -0.05) is 5.16 Å². The van der Waals surface area contributed by atoms with Gasteiger partial charge in [0.2, 0.25) is 0 Å². The molecule has 0 spiro atoms. The van der Waals surface area contributed by atoms with Gasteiger partial charge in [0, 0.05) is 30.8 Å². The maximum Gasteiger partial charge on any atom is 0.269 e. The summed E-state index contributed by atoms with van der Waals surface area (Å²) in [6.45, 7) is 1.20. The predicted molar refractivity (Wildman–Crippen MR) is 174 cm³/mol. The van der Waals surface area contributed by atoms with Crippen molar-refractivity contribution < 1.29 is 68.8 Å². The number of oxime groups is 1. The zero-order chi connectivity index (χ0) is 38.0. The molecule has 52 heavy (non-hydrogen) atoms. The third kappa shape index (κ3) is 8.69. The summed E-state index contributed by atoms with van der Waals surface area (Å²) < 4.78 is 35.5. The number of non-ortho nitro benzene ring substituents is 1. The second-order valence-corrected chi connectivity index (χ2v) is 13.4. The summed E-state index contributed by atoms with van der Waals surface area (Å²) in [5.74, 6) is 0. The first-order chi connectivity index (χ1) is 24.6. The Labute approximate surface area is 297 Å². The van der Waals surface area contributed by atoms with Crippen LogP contribution in [0.4, 0.5) is 5.69 Å². The lowest BCUT2D eigenvalue weighted by Crippen LogP contribution is -2.67. The minimum absolute atomic E-state index is 0.0724. The van der Waals surface area contributed by atoms with E-state index < -0.39 is 121 Å². The van der Waals surface area contributed by atoms with Crippen LogP contribution in [0.1, 0.15) is 18.9 Å². The van der Waals surface area contributed by atoms with Gasteiger partial charge in [-0.25, -0.2) is 0 Å². The molecule has 5 rings (SSSR count). The molecule has 3 heterocycles. The van der Waals surface area contributed by atoms with Crippen LogP contribution in [0.25, 0.3) is 0 Å². The first-order valence-corrected chi connectivity index (χ1v) is 16.7. The third-order valence-electron chi connectivity index (χ3n) is 9.70. The number of hydrogen-bond donors (Lipinski definition) is 11. The van der Waals surface area contributed by atoms with Gasteiger partial charge in [0.25, 0.3) is 5.69 Å². The van der Waals surface area contributed by atoms with Crippen molar-refractivity contribution in [3.8, 4) is 0 Å². The number of hydrogen-bond acceptors (Lipinski definition) is 21. The van der Waals surface area contributed by atoms with Gasteiger partial charge in [-0.05, 0) is 31.0 Å². The molecule has 0 amide bonds. The molecule has 0 radical (unpaired) electrons. The van der Waals surface area contributed by atoms with Crippen LogP contribution in [-0.4, -0.2) is 165 Å². The molecule has 294 valence electrons. The molecule has 1 aliphatic carbocycles. The summed E-state index contributed by atoms with van der Waals surface area (Å²) in [7, 11) is 0. The molecular formula is C30H49N7O15. The summed E-state index contributed by atoms with van der Waals surface area (Å²) >= 11 is 0. The van der Waals surface area contributed by atoms with Crippen LogP contribution in [0, 0.1) is 10.1 Å². The standard InChI is InChI=1S/C30H49N7O15/c1-10-19(38)22(41)17(34)28(47-10)50-25-14(33)6-13(32)20(39)27(25)52-30-24(43)26(51-29-18(35)23(42)21(40)15(7-31)48-29)16(49-30)8-36-46-9-11-2-4-12(5-3-11)37(44)45/h2-5,8,10,13-30,38-43H,6-7,9,31-35H2,1H3/b36-8+/t10-,13-,14+,15+,16-,17-,18-,19-,20+,21-,22-,23-,24-,25-,26-,27-,28-,29-,30+/m1/s1. The molecule has 0 unspecified atom stereocenters. The van der Waals surface area contributed by atoms with E-state index >= 15 is 0 Å². The second-order valence-electron chi connectivity index (χ2n) is 13.4. The molecule has 3 aliphatic heterocycles. The number of nitro groups is 1. The molecule has 3 saturated heterocycles. The van der Waals surface area contributed by atoms with E-state index in [1.54, 1.807) is 0 Å². The molecule has 22 heteroatoms. The summed E-state index contributed by atoms with van der Waals surface area (Å²) in [4.78, 5) is 15.8. The minimum atomic E-state index is -1.67. The van der Waals surface area contributed by atoms with Crippen molar-refractivity contribution >= 4 is 11.9 Å². The van der Waals surface area contributed by atoms with Crippen LogP contribution in [-0.2, 0) is 39.9 Å². The number of nitro benzene ring substituents is 1. The molecule has 4 aliphatic rings. The lowest BCUT2D eigenvalue weighted by atomic mass is 9.84. The second kappa shape index (κ2) is 17.3. The summed E-state index contributed by atoms with van der Waals surface area (Å²) in [5.41, 5.74) is 30.9. The van der Waals surface area contributed by atoms with Crippen LogP contribution >= 0.6 is 0 Å². The van der Waals surface area contributed by atoms with Gasteiger partial charge in [0.1, 0.15) is 67.6 Å². The van der Waals surface area contributed by atoms with Gasteiger partial charge < -0.3 is 92.6 Å². The van der Waals surface area contributed by atoms with Gasteiger partial charge in [0.15, 0.2) is 18.9 Å². The number of rotatable bonds is 12. The largest absolute Gasteiger partial charge is 0.391 e. The van der Waals surface area contributed by atoms with Crippen LogP contribution < -0.4 is 28.7 Å². The normalized spacial score (nSPS) is 45.7. The van der Waals surface area contributed by atoms with Crippen molar-refractivity contribution in [1.29, 1.82) is 0 Å². The number of ether oxygens (including phenoxy) is 6. The van der Waals surface area contributed by atoms with Crippen molar-refractivity contribution in [2.45, 2.75) is 136 Å². The highest BCUT2D eigenvalue weighted by Gasteiger charge is 2.54. The highest BCUT2D eigenvalue weighted by molar-refractivity contribution is 5.64. The Morgan fingerprint density at radius 3 is 2.02 bits per heavy atom. The Balaban J connectivity index is 1.35. The molecule has 19 atom stereocenters. The third-order valence-corrected chi connectivity index (χ3v) is 9.70. The molecular weight excluding hydrogens is 698 g/mol. The molecule has 1 aromatic carbocycles. The number of aliphatic hydroxyl groups is 6. The fourth-order valence-corrected chi connectivity index (χ4v) is 6.49. The summed E-state index contributed by atoms with van der Waals surface area (Å²) in [6.07, 6.45) is -19.0. The van der Waals surface area contributed by atoms with Crippen molar-refractivity contribution in [2.24, 2.45) is 33.8 Å². The van der Waals surface area contributed by atoms with Crippen LogP contribution in [0.15, 0.2) is 29.4 Å². The molecule has 1 aromatic rings. The highest BCUT2D eigenvalue weighted by atomic mass is 16.8. The SMILES string of the molecule is C[C@H]1O[C@H](O[C@H]2[C@H](O[C@@H]3O[C@H](/C=N/OCc4ccc([N+](=O)[O-])cc4)[C@@H](O[C@H]4O[C@@H](CN)[C@@H](O)[C@H](O)[C@H]4N)[C@H]3O)[C@@H](O)[C@H](N)C[C@@H]2N)[C@H](N)[C@@H](O)[C@@H]1O. The van der Waals surface area contributed by atoms with Gasteiger partial charge in [-0.3, -0.25) is 10.1 Å². The Bertz CT molecular complexity index is 1350. The maximum atomic E-state index is 11.5. The van der Waals surface area contributed by atoms with E-state index in [-0.39, 0.29) is 25.3 Å². The fourth-order valence-electron chi connectivity index (χ4n) is 6.49. The Morgan fingerprint density at radius 1 is 0.788 bits per heavy atom. The predicted octanol–water partition coefficient (Wildman–Crippen LogP) is -5.72. The zero-order valence-corrected chi connectivity index (χ0v) is 28.1. The minimum Gasteiger partial charge on any atom is -0.391 e. The van der Waals surface area contributed by atoms with E-state index in [2.05, 4.69) is 5.16 Å². The lowest BCUT2D eigenvalue weighted by molar-refractivity contribution is -0.384. The van der Waals surface area contributed by atoms with Gasteiger partial charge in [0.05, 0.1) is 35.4 Å². The number of aliphatic hydroxyl groups excluding tert-OH is 6. The van der Waals surface area contributed by atoms with E-state index in [1.807, 2.05) is 0 Å². The lowest BCUT2D eigenvalue weighted by Gasteiger charge is -2.47. The summed E-state index contributed by atoms with van der Waals surface area (Å²) in [6, 6.07) is 1.27. The topological polar surface area (TPSA) is 372 Å². The number of benzene rings is 1. The van der Waals surface area contributed by atoms with Gasteiger partial charge >= 0.3 is 0 Å². The van der Waals surface area contributed by atoms with Gasteiger partial charge in [-0.2, -0.15) is 0 Å². The molecule has 22 nitrogen and oxygen atoms in total. The number of nitrogens with zero attached hydrogens (tertiary/aromatic N) is 2. The van der Waals surface area contributed by atoms with Crippen molar-refractivity contribution in [3.63, 3.8) is 0 Å². The van der Waals surface area contributed by atoms with Crippen LogP contribution in [0.2, 0.25) is 0 Å². The van der Waals surface area contributed by atoms with E-state index in [4.69, 9.17) is 61.9 Å².